The summed E-state index contributed by atoms with van der Waals surface area (Å²) in [5.74, 6) is 3.57. The fraction of sp³-hybridized carbons (Fsp3) is 0.952. The third-order valence-electron chi connectivity index (χ3n) is 9.03. The van der Waals surface area contributed by atoms with E-state index >= 15 is 0 Å². The average Bonchev–Trinajstić information content (AvgIpc) is 2.95. The molecule has 0 radical (unpaired) electrons. The highest BCUT2D eigenvalue weighted by atomic mass is 16.5. The lowest BCUT2D eigenvalue weighted by molar-refractivity contribution is -0.173. The first kappa shape index (κ1) is 16.0. The van der Waals surface area contributed by atoms with E-state index in [9.17, 15) is 4.79 Å². The van der Waals surface area contributed by atoms with Crippen molar-refractivity contribution in [2.24, 2.45) is 40.4 Å². The summed E-state index contributed by atoms with van der Waals surface area (Å²) in [5, 5.41) is 0. The third kappa shape index (κ3) is 2.15. The number of methoxy groups -OCH3 is 1. The smallest absolute Gasteiger partial charge is 0.309 e. The van der Waals surface area contributed by atoms with Crippen LogP contribution in [0.1, 0.15) is 78.1 Å². The Morgan fingerprint density at radius 2 is 1.74 bits per heavy atom. The number of hydrogen-bond donors (Lipinski definition) is 0. The molecule has 0 aromatic carbocycles. The minimum absolute atomic E-state index is 0.0811. The van der Waals surface area contributed by atoms with E-state index in [1.807, 2.05) is 0 Å². The molecular formula is C21H34O2. The van der Waals surface area contributed by atoms with Crippen LogP contribution in [0, 0.1) is 40.4 Å². The van der Waals surface area contributed by atoms with Gasteiger partial charge in [0.25, 0.3) is 0 Å². The van der Waals surface area contributed by atoms with Gasteiger partial charge in [0.15, 0.2) is 0 Å². The summed E-state index contributed by atoms with van der Waals surface area (Å²) in [6.45, 7) is 5.04. The van der Waals surface area contributed by atoms with Gasteiger partial charge >= 0.3 is 5.97 Å². The lowest BCUT2D eigenvalue weighted by Gasteiger charge is -2.61. The van der Waals surface area contributed by atoms with Gasteiger partial charge in [-0.05, 0) is 85.9 Å². The summed E-state index contributed by atoms with van der Waals surface area (Å²) in [4.78, 5) is 12.6. The predicted molar refractivity (Wildman–Crippen MR) is 91.9 cm³/mol. The van der Waals surface area contributed by atoms with E-state index in [0.29, 0.717) is 5.41 Å². The summed E-state index contributed by atoms with van der Waals surface area (Å²) < 4.78 is 5.25. The van der Waals surface area contributed by atoms with Crippen LogP contribution in [-0.2, 0) is 9.53 Å². The van der Waals surface area contributed by atoms with E-state index in [1.165, 1.54) is 57.8 Å². The largest absolute Gasteiger partial charge is 0.469 e. The Kier molecular flexibility index (Phi) is 3.81. The normalized spacial score (nSPS) is 52.2. The number of esters is 1. The van der Waals surface area contributed by atoms with Gasteiger partial charge in [-0.15, -0.1) is 0 Å². The van der Waals surface area contributed by atoms with Crippen LogP contribution in [0.25, 0.3) is 0 Å². The van der Waals surface area contributed by atoms with Crippen molar-refractivity contribution in [3.05, 3.63) is 0 Å². The van der Waals surface area contributed by atoms with Crippen LogP contribution in [0.15, 0.2) is 0 Å². The molecule has 0 aromatic heterocycles. The minimum atomic E-state index is 0.0811. The number of carbonyl (C=O) groups excluding carboxylic acids is 1. The number of rotatable bonds is 1. The van der Waals surface area contributed by atoms with Crippen LogP contribution in [-0.4, -0.2) is 13.1 Å². The first-order valence-electron chi connectivity index (χ1n) is 10.1. The van der Waals surface area contributed by atoms with E-state index < -0.39 is 0 Å². The molecule has 0 aromatic rings. The quantitative estimate of drug-likeness (QED) is 0.620. The van der Waals surface area contributed by atoms with Crippen molar-refractivity contribution in [2.45, 2.75) is 78.1 Å². The molecule has 2 unspecified atom stereocenters. The van der Waals surface area contributed by atoms with Crippen molar-refractivity contribution in [1.29, 1.82) is 0 Å². The monoisotopic (exact) mass is 318 g/mol. The standard InChI is InChI=1S/C21H34O2/c1-20-12-5-8-16(20)15-10-9-14-6-4-7-18(19(22)23-3)21(14,2)17(15)11-13-20/h14-18H,4-13H2,1-3H3/t14?,15-,16-,17-,18?,20-,21-/m0/s1. The number of ether oxygens (including phenoxy) is 1. The topological polar surface area (TPSA) is 26.3 Å². The molecule has 2 heteroatoms. The zero-order valence-electron chi connectivity index (χ0n) is 15.3. The molecule has 4 saturated carbocycles. The number of hydrogen-bond acceptors (Lipinski definition) is 2. The highest BCUT2D eigenvalue weighted by molar-refractivity contribution is 5.73. The van der Waals surface area contributed by atoms with Crippen molar-refractivity contribution in [3.63, 3.8) is 0 Å². The molecule has 2 nitrogen and oxygen atoms in total. The predicted octanol–water partition coefficient (Wildman–Crippen LogP) is 5.21. The molecule has 4 fully saturated rings. The highest BCUT2D eigenvalue weighted by Crippen LogP contribution is 2.67. The lowest BCUT2D eigenvalue weighted by atomic mass is 9.43. The maximum Gasteiger partial charge on any atom is 0.309 e. The molecule has 0 aliphatic heterocycles. The van der Waals surface area contributed by atoms with E-state index in [0.717, 1.165) is 30.1 Å². The maximum absolute atomic E-state index is 12.6. The van der Waals surface area contributed by atoms with E-state index in [-0.39, 0.29) is 17.3 Å². The Labute approximate surface area is 141 Å². The van der Waals surface area contributed by atoms with Crippen molar-refractivity contribution in [3.8, 4) is 0 Å². The molecule has 4 aliphatic carbocycles. The molecule has 0 spiro atoms. The Bertz CT molecular complexity index is 486. The third-order valence-corrected chi connectivity index (χ3v) is 9.03. The van der Waals surface area contributed by atoms with Gasteiger partial charge in [-0.25, -0.2) is 0 Å². The van der Waals surface area contributed by atoms with Gasteiger partial charge in [0.2, 0.25) is 0 Å². The van der Waals surface area contributed by atoms with Crippen LogP contribution < -0.4 is 0 Å². The van der Waals surface area contributed by atoms with Gasteiger partial charge in [-0.1, -0.05) is 26.7 Å². The zero-order chi connectivity index (χ0) is 16.2. The second-order valence-electron chi connectivity index (χ2n) is 9.61. The van der Waals surface area contributed by atoms with Crippen LogP contribution >= 0.6 is 0 Å². The fourth-order valence-electron chi connectivity index (χ4n) is 7.85. The highest BCUT2D eigenvalue weighted by Gasteiger charge is 2.61. The van der Waals surface area contributed by atoms with E-state index in [4.69, 9.17) is 4.74 Å². The molecule has 0 saturated heterocycles. The molecule has 23 heavy (non-hydrogen) atoms. The second kappa shape index (κ2) is 5.49. The summed E-state index contributed by atoms with van der Waals surface area (Å²) in [7, 11) is 1.59. The Hall–Kier alpha value is -0.530. The SMILES string of the molecule is COC(=O)C1CCCC2CC[C@H]3[C@@H]4CCC[C@@]4(C)CC[C@@H]3[C@]21C. The minimum Gasteiger partial charge on any atom is -0.469 e. The molecule has 130 valence electrons. The average molecular weight is 319 g/mol. The summed E-state index contributed by atoms with van der Waals surface area (Å²) in [6, 6.07) is 0. The lowest BCUT2D eigenvalue weighted by Crippen LogP contribution is -2.56. The first-order chi connectivity index (χ1) is 11.0. The molecule has 4 aliphatic rings. The van der Waals surface area contributed by atoms with Crippen LogP contribution in [0.4, 0.5) is 0 Å². The van der Waals surface area contributed by atoms with Gasteiger partial charge in [0, 0.05) is 0 Å². The van der Waals surface area contributed by atoms with Crippen molar-refractivity contribution in [2.75, 3.05) is 7.11 Å². The summed E-state index contributed by atoms with van der Waals surface area (Å²) in [6.07, 6.45) is 13.5. The summed E-state index contributed by atoms with van der Waals surface area (Å²) in [5.41, 5.74) is 0.817. The molecule has 7 atom stereocenters. The molecule has 0 heterocycles. The molecule has 4 rings (SSSR count). The maximum atomic E-state index is 12.6. The fourth-order valence-corrected chi connectivity index (χ4v) is 7.85. The number of fused-ring (bicyclic) bond motifs is 5. The van der Waals surface area contributed by atoms with Crippen LogP contribution in [0.2, 0.25) is 0 Å². The Morgan fingerprint density at radius 1 is 0.913 bits per heavy atom. The van der Waals surface area contributed by atoms with Gasteiger partial charge in [0.05, 0.1) is 13.0 Å². The summed E-state index contributed by atoms with van der Waals surface area (Å²) >= 11 is 0. The van der Waals surface area contributed by atoms with Crippen LogP contribution in [0.3, 0.4) is 0 Å². The van der Waals surface area contributed by atoms with Gasteiger partial charge < -0.3 is 4.74 Å². The van der Waals surface area contributed by atoms with Gasteiger partial charge in [-0.3, -0.25) is 4.79 Å². The second-order valence-corrected chi connectivity index (χ2v) is 9.61. The van der Waals surface area contributed by atoms with Crippen molar-refractivity contribution < 1.29 is 9.53 Å². The van der Waals surface area contributed by atoms with E-state index in [1.54, 1.807) is 7.11 Å². The Morgan fingerprint density at radius 3 is 2.52 bits per heavy atom. The molecule has 0 N–H and O–H groups in total. The van der Waals surface area contributed by atoms with Crippen LogP contribution in [0.5, 0.6) is 0 Å². The molecule has 0 amide bonds. The van der Waals surface area contributed by atoms with Crippen molar-refractivity contribution in [1.82, 2.24) is 0 Å². The first-order valence-corrected chi connectivity index (χ1v) is 10.1. The molecule has 0 bridgehead atoms. The number of carbonyl (C=O) groups is 1. The Balaban J connectivity index is 1.69. The zero-order valence-corrected chi connectivity index (χ0v) is 15.3. The van der Waals surface area contributed by atoms with Gasteiger partial charge in [0.1, 0.15) is 0 Å². The van der Waals surface area contributed by atoms with Gasteiger partial charge in [-0.2, -0.15) is 0 Å². The van der Waals surface area contributed by atoms with E-state index in [2.05, 4.69) is 13.8 Å². The molecular weight excluding hydrogens is 284 g/mol. The van der Waals surface area contributed by atoms with Crippen molar-refractivity contribution >= 4 is 5.97 Å².